The Bertz CT molecular complexity index is 463. The number of carbonyl (C=O) groups excluding carboxylic acids is 1. The van der Waals surface area contributed by atoms with Crippen molar-refractivity contribution in [1.82, 2.24) is 5.32 Å². The van der Waals surface area contributed by atoms with E-state index >= 15 is 0 Å². The summed E-state index contributed by atoms with van der Waals surface area (Å²) in [5, 5.41) is 2.80. The lowest BCUT2D eigenvalue weighted by atomic mass is 9.43. The molecular weight excluding hydrogens is 290 g/mol. The number of rotatable bonds is 4. The average Bonchev–Trinajstić information content (AvgIpc) is 2.27. The van der Waals surface area contributed by atoms with Gasteiger partial charge in [-0.05, 0) is 76.0 Å². The highest BCUT2D eigenvalue weighted by atomic mass is 16.6. The summed E-state index contributed by atoms with van der Waals surface area (Å²) >= 11 is 0. The average molecular weight is 323 g/mol. The maximum absolute atomic E-state index is 11.7. The van der Waals surface area contributed by atoms with Crippen molar-refractivity contribution in [3.05, 3.63) is 0 Å². The molecule has 4 saturated carbocycles. The first kappa shape index (κ1) is 17.1. The summed E-state index contributed by atoms with van der Waals surface area (Å²) in [5.41, 5.74) is 0.534. The first-order chi connectivity index (χ1) is 10.5. The third kappa shape index (κ3) is 3.84. The molecule has 0 aromatic carbocycles. The van der Waals surface area contributed by atoms with Gasteiger partial charge in [-0.3, -0.25) is 0 Å². The van der Waals surface area contributed by atoms with Gasteiger partial charge in [-0.2, -0.15) is 0 Å². The minimum atomic E-state index is -0.450. The van der Waals surface area contributed by atoms with Crippen LogP contribution in [0.3, 0.4) is 0 Å². The summed E-state index contributed by atoms with van der Waals surface area (Å²) in [5.74, 6) is 0.833. The Kier molecular flexibility index (Phi) is 3.98. The minimum absolute atomic E-state index is 0.0541. The zero-order chi connectivity index (χ0) is 16.9. The van der Waals surface area contributed by atoms with Crippen LogP contribution in [0.1, 0.15) is 73.1 Å². The molecule has 0 aliphatic heterocycles. The highest BCUT2D eigenvalue weighted by Crippen LogP contribution is 2.67. The van der Waals surface area contributed by atoms with Crippen LogP contribution in [0.5, 0.6) is 0 Å². The Morgan fingerprint density at radius 1 is 1.09 bits per heavy atom. The van der Waals surface area contributed by atoms with Crippen LogP contribution in [0.15, 0.2) is 0 Å². The lowest BCUT2D eigenvalue weighted by molar-refractivity contribution is -0.213. The van der Waals surface area contributed by atoms with Crippen LogP contribution in [0.2, 0.25) is 0 Å². The molecule has 0 radical (unpaired) electrons. The van der Waals surface area contributed by atoms with E-state index in [0.29, 0.717) is 24.0 Å². The van der Waals surface area contributed by atoms with Crippen LogP contribution in [-0.2, 0) is 9.47 Å². The summed E-state index contributed by atoms with van der Waals surface area (Å²) in [6.45, 7) is 11.6. The smallest absolute Gasteiger partial charge is 0.407 e. The van der Waals surface area contributed by atoms with Crippen LogP contribution in [0.25, 0.3) is 0 Å². The normalized spacial score (nSPS) is 41.9. The first-order valence-corrected chi connectivity index (χ1v) is 9.12. The van der Waals surface area contributed by atoms with E-state index in [-0.39, 0.29) is 11.7 Å². The van der Waals surface area contributed by atoms with Crippen molar-refractivity contribution in [3.63, 3.8) is 0 Å². The molecule has 23 heavy (non-hydrogen) atoms. The lowest BCUT2D eigenvalue weighted by Crippen LogP contribution is -2.59. The van der Waals surface area contributed by atoms with Crippen LogP contribution in [0.4, 0.5) is 4.79 Å². The zero-order valence-corrected chi connectivity index (χ0v) is 15.5. The minimum Gasteiger partial charge on any atom is -0.444 e. The van der Waals surface area contributed by atoms with Gasteiger partial charge in [0.15, 0.2) is 0 Å². The van der Waals surface area contributed by atoms with Gasteiger partial charge in [0.25, 0.3) is 0 Å². The molecule has 0 aromatic rings. The fourth-order valence-electron chi connectivity index (χ4n) is 6.24. The molecule has 1 N–H and O–H groups in total. The van der Waals surface area contributed by atoms with Crippen LogP contribution in [0, 0.1) is 16.7 Å². The molecule has 2 atom stereocenters. The largest absolute Gasteiger partial charge is 0.444 e. The fourth-order valence-corrected chi connectivity index (χ4v) is 6.24. The quantitative estimate of drug-likeness (QED) is 0.786. The van der Waals surface area contributed by atoms with Gasteiger partial charge < -0.3 is 14.8 Å². The molecule has 0 heterocycles. The van der Waals surface area contributed by atoms with Crippen molar-refractivity contribution < 1.29 is 14.3 Å². The van der Waals surface area contributed by atoms with E-state index in [1.807, 2.05) is 20.8 Å². The monoisotopic (exact) mass is 323 g/mol. The van der Waals surface area contributed by atoms with Crippen molar-refractivity contribution >= 4 is 6.09 Å². The molecule has 4 nitrogen and oxygen atoms in total. The van der Waals surface area contributed by atoms with Crippen LogP contribution < -0.4 is 5.32 Å². The van der Waals surface area contributed by atoms with Crippen LogP contribution in [-0.4, -0.2) is 30.4 Å². The number of nitrogens with one attached hydrogen (secondary N) is 1. The van der Waals surface area contributed by atoms with E-state index in [2.05, 4.69) is 19.2 Å². The van der Waals surface area contributed by atoms with E-state index < -0.39 is 5.60 Å². The molecule has 0 saturated heterocycles. The maximum Gasteiger partial charge on any atom is 0.407 e. The van der Waals surface area contributed by atoms with Crippen molar-refractivity contribution in [1.29, 1.82) is 0 Å². The second-order valence-electron chi connectivity index (χ2n) is 10.1. The van der Waals surface area contributed by atoms with E-state index in [0.717, 1.165) is 5.92 Å². The highest BCUT2D eigenvalue weighted by Gasteiger charge is 2.60. The molecule has 4 aliphatic rings. The first-order valence-electron chi connectivity index (χ1n) is 9.12. The van der Waals surface area contributed by atoms with Crippen molar-refractivity contribution in [2.75, 3.05) is 13.2 Å². The Labute approximate surface area is 140 Å². The SMILES string of the molecule is CC12CC3CC(C)(C1)CC(OCCNC(=O)OC(C)(C)C)(C3)C2. The van der Waals surface area contributed by atoms with Gasteiger partial charge in [-0.15, -0.1) is 0 Å². The second-order valence-corrected chi connectivity index (χ2v) is 10.1. The standard InChI is InChI=1S/C19H33NO3/c1-16(2,3)23-15(21)20-6-7-22-19-10-14-8-17(4,12-19)11-18(5,9-14)13-19/h14H,6-13H2,1-5H3,(H,20,21). The third-order valence-electron chi connectivity index (χ3n) is 5.75. The van der Waals surface area contributed by atoms with E-state index in [4.69, 9.17) is 9.47 Å². The summed E-state index contributed by atoms with van der Waals surface area (Å²) in [6.07, 6.45) is 7.36. The number of hydrogen-bond acceptors (Lipinski definition) is 3. The van der Waals surface area contributed by atoms with Gasteiger partial charge in [0.05, 0.1) is 12.2 Å². The fraction of sp³-hybridized carbons (Fsp3) is 0.947. The Morgan fingerprint density at radius 2 is 1.70 bits per heavy atom. The Hall–Kier alpha value is -0.770. The number of amides is 1. The molecule has 4 rings (SSSR count). The molecule has 4 heteroatoms. The second kappa shape index (κ2) is 5.37. The van der Waals surface area contributed by atoms with Crippen molar-refractivity contribution in [2.45, 2.75) is 84.3 Å². The third-order valence-corrected chi connectivity index (χ3v) is 5.75. The summed E-state index contributed by atoms with van der Waals surface area (Å²) in [7, 11) is 0. The molecule has 132 valence electrons. The molecule has 4 fully saturated rings. The van der Waals surface area contributed by atoms with Gasteiger partial charge in [0, 0.05) is 6.54 Å². The lowest BCUT2D eigenvalue weighted by Gasteiger charge is -2.65. The van der Waals surface area contributed by atoms with Gasteiger partial charge in [-0.1, -0.05) is 13.8 Å². The van der Waals surface area contributed by atoms with Gasteiger partial charge in [-0.25, -0.2) is 4.79 Å². The number of ether oxygens (including phenoxy) is 2. The summed E-state index contributed by atoms with van der Waals surface area (Å²) < 4.78 is 11.6. The van der Waals surface area contributed by atoms with E-state index in [1.165, 1.54) is 38.5 Å². The maximum atomic E-state index is 11.7. The zero-order valence-electron chi connectivity index (χ0n) is 15.5. The molecule has 0 spiro atoms. The number of hydrogen-bond donors (Lipinski definition) is 1. The van der Waals surface area contributed by atoms with Crippen LogP contribution >= 0.6 is 0 Å². The predicted octanol–water partition coefficient (Wildman–Crippen LogP) is 4.28. The molecule has 4 aliphatic carbocycles. The molecule has 2 unspecified atom stereocenters. The molecule has 4 bridgehead atoms. The highest BCUT2D eigenvalue weighted by molar-refractivity contribution is 5.67. The molecular formula is C19H33NO3. The van der Waals surface area contributed by atoms with Crippen molar-refractivity contribution in [3.8, 4) is 0 Å². The van der Waals surface area contributed by atoms with Gasteiger partial charge in [0.2, 0.25) is 0 Å². The van der Waals surface area contributed by atoms with E-state index in [9.17, 15) is 4.79 Å². The predicted molar refractivity (Wildman–Crippen MR) is 90.3 cm³/mol. The van der Waals surface area contributed by atoms with E-state index in [1.54, 1.807) is 0 Å². The summed E-state index contributed by atoms with van der Waals surface area (Å²) in [4.78, 5) is 11.7. The summed E-state index contributed by atoms with van der Waals surface area (Å²) in [6, 6.07) is 0. The number of alkyl carbamates (subject to hydrolysis) is 1. The van der Waals surface area contributed by atoms with Gasteiger partial charge in [0.1, 0.15) is 5.60 Å². The topological polar surface area (TPSA) is 47.6 Å². The Morgan fingerprint density at radius 3 is 2.22 bits per heavy atom. The molecule has 1 amide bonds. The van der Waals surface area contributed by atoms with Gasteiger partial charge >= 0.3 is 6.09 Å². The molecule has 0 aromatic heterocycles. The number of carbonyl (C=O) groups is 1. The Balaban J connectivity index is 1.50. The van der Waals surface area contributed by atoms with Crippen molar-refractivity contribution in [2.24, 2.45) is 16.7 Å².